The summed E-state index contributed by atoms with van der Waals surface area (Å²) in [6, 6.07) is 17.0. The quantitative estimate of drug-likeness (QED) is 0.760. The molecule has 2 rings (SSSR count). The molecule has 0 radical (unpaired) electrons. The van der Waals surface area contributed by atoms with Gasteiger partial charge in [-0.05, 0) is 36.2 Å². The average molecular weight is 343 g/mol. The van der Waals surface area contributed by atoms with Crippen molar-refractivity contribution in [2.45, 2.75) is 18.9 Å². The van der Waals surface area contributed by atoms with Crippen LogP contribution in [0.3, 0.4) is 0 Å². The average Bonchev–Trinajstić information content (AvgIpc) is 2.69. The molecule has 25 heavy (non-hydrogen) atoms. The second kappa shape index (κ2) is 9.08. The Morgan fingerprint density at radius 2 is 1.64 bits per heavy atom. The van der Waals surface area contributed by atoms with Crippen LogP contribution in [0.4, 0.5) is 0 Å². The molecule has 0 aliphatic carbocycles. The highest BCUT2D eigenvalue weighted by Gasteiger charge is 2.30. The van der Waals surface area contributed by atoms with E-state index in [-0.39, 0.29) is 12.5 Å². The molecule has 1 amide bonds. The van der Waals surface area contributed by atoms with E-state index >= 15 is 0 Å². The molecule has 1 N–H and O–H groups in total. The number of benzene rings is 2. The molecule has 0 spiro atoms. The lowest BCUT2D eigenvalue weighted by Gasteiger charge is -2.32. The molecule has 5 nitrogen and oxygen atoms in total. The Balaban J connectivity index is 1.90. The van der Waals surface area contributed by atoms with Gasteiger partial charge in [-0.2, -0.15) is 0 Å². The van der Waals surface area contributed by atoms with E-state index in [0.717, 1.165) is 17.7 Å². The molecule has 0 bridgehead atoms. The molecule has 0 aliphatic heterocycles. The highest BCUT2D eigenvalue weighted by atomic mass is 16.5. The summed E-state index contributed by atoms with van der Waals surface area (Å²) in [4.78, 5) is 12.1. The van der Waals surface area contributed by atoms with Crippen LogP contribution in [0.2, 0.25) is 0 Å². The second-order valence-corrected chi connectivity index (χ2v) is 5.66. The number of methoxy groups -OCH3 is 2. The van der Waals surface area contributed by atoms with E-state index < -0.39 is 5.60 Å². The lowest BCUT2D eigenvalue weighted by molar-refractivity contribution is -0.125. The van der Waals surface area contributed by atoms with E-state index in [0.29, 0.717) is 12.3 Å². The van der Waals surface area contributed by atoms with Crippen molar-refractivity contribution < 1.29 is 19.0 Å². The van der Waals surface area contributed by atoms with Crippen LogP contribution in [0.15, 0.2) is 54.6 Å². The fourth-order valence-electron chi connectivity index (χ4n) is 2.62. The Morgan fingerprint density at radius 1 is 1.00 bits per heavy atom. The van der Waals surface area contributed by atoms with Gasteiger partial charge >= 0.3 is 0 Å². The van der Waals surface area contributed by atoms with Gasteiger partial charge in [0.25, 0.3) is 5.91 Å². The third-order valence-electron chi connectivity index (χ3n) is 4.26. The number of hydrogen-bond acceptors (Lipinski definition) is 4. The van der Waals surface area contributed by atoms with Crippen molar-refractivity contribution in [1.82, 2.24) is 5.32 Å². The van der Waals surface area contributed by atoms with E-state index in [1.54, 1.807) is 38.5 Å². The molecular weight excluding hydrogens is 318 g/mol. The molecule has 1 unspecified atom stereocenters. The SMILES string of the molecule is CCC(CNC(=O)COc1ccc(OC)cc1)(OC)c1ccccc1. The monoisotopic (exact) mass is 343 g/mol. The van der Waals surface area contributed by atoms with Gasteiger partial charge in [0.2, 0.25) is 0 Å². The fraction of sp³-hybridized carbons (Fsp3) is 0.350. The lowest BCUT2D eigenvalue weighted by atomic mass is 9.90. The molecule has 2 aromatic rings. The molecule has 0 saturated carbocycles. The van der Waals surface area contributed by atoms with Crippen LogP contribution in [0.25, 0.3) is 0 Å². The number of carbonyl (C=O) groups is 1. The predicted octanol–water partition coefficient (Wildman–Crippen LogP) is 3.14. The number of nitrogens with one attached hydrogen (secondary N) is 1. The zero-order chi connectivity index (χ0) is 18.1. The molecule has 0 aromatic heterocycles. The van der Waals surface area contributed by atoms with E-state index in [9.17, 15) is 4.79 Å². The largest absolute Gasteiger partial charge is 0.497 e. The lowest BCUT2D eigenvalue weighted by Crippen LogP contribution is -2.43. The number of rotatable bonds is 9. The van der Waals surface area contributed by atoms with Crippen molar-refractivity contribution in [3.05, 3.63) is 60.2 Å². The van der Waals surface area contributed by atoms with Crippen LogP contribution >= 0.6 is 0 Å². The highest BCUT2D eigenvalue weighted by Crippen LogP contribution is 2.28. The van der Waals surface area contributed by atoms with Crippen molar-refractivity contribution in [2.24, 2.45) is 0 Å². The summed E-state index contributed by atoms with van der Waals surface area (Å²) in [5.74, 6) is 1.17. The van der Waals surface area contributed by atoms with Crippen LogP contribution in [-0.4, -0.2) is 33.3 Å². The van der Waals surface area contributed by atoms with Crippen molar-refractivity contribution in [3.8, 4) is 11.5 Å². The van der Waals surface area contributed by atoms with Crippen LogP contribution < -0.4 is 14.8 Å². The molecule has 134 valence electrons. The minimum atomic E-state index is -0.545. The number of carbonyl (C=O) groups excluding carboxylic acids is 1. The Hall–Kier alpha value is -2.53. The number of hydrogen-bond donors (Lipinski definition) is 1. The molecule has 0 aliphatic rings. The second-order valence-electron chi connectivity index (χ2n) is 5.66. The summed E-state index contributed by atoms with van der Waals surface area (Å²) in [5.41, 5.74) is 0.494. The summed E-state index contributed by atoms with van der Waals surface area (Å²) >= 11 is 0. The predicted molar refractivity (Wildman–Crippen MR) is 96.9 cm³/mol. The van der Waals surface area contributed by atoms with Crippen LogP contribution in [0.1, 0.15) is 18.9 Å². The molecule has 0 fully saturated rings. The third kappa shape index (κ3) is 4.97. The minimum absolute atomic E-state index is 0.0510. The van der Waals surface area contributed by atoms with Crippen molar-refractivity contribution in [3.63, 3.8) is 0 Å². The smallest absolute Gasteiger partial charge is 0.258 e. The summed E-state index contributed by atoms with van der Waals surface area (Å²) in [5, 5.41) is 2.90. The van der Waals surface area contributed by atoms with E-state index in [1.807, 2.05) is 37.3 Å². The van der Waals surface area contributed by atoms with Gasteiger partial charge in [0.05, 0.1) is 13.7 Å². The normalized spacial score (nSPS) is 12.9. The van der Waals surface area contributed by atoms with Gasteiger partial charge in [0, 0.05) is 7.11 Å². The van der Waals surface area contributed by atoms with E-state index in [1.165, 1.54) is 0 Å². The standard InChI is InChI=1S/C20H25NO4/c1-4-20(24-3,16-8-6-5-7-9-16)15-21-19(22)14-25-18-12-10-17(23-2)11-13-18/h5-13H,4,14-15H2,1-3H3,(H,21,22). The van der Waals surface area contributed by atoms with Crippen molar-refractivity contribution in [1.29, 1.82) is 0 Å². The maximum Gasteiger partial charge on any atom is 0.258 e. The van der Waals surface area contributed by atoms with Crippen LogP contribution in [-0.2, 0) is 15.1 Å². The van der Waals surface area contributed by atoms with Gasteiger partial charge in [-0.25, -0.2) is 0 Å². The Morgan fingerprint density at radius 3 is 2.20 bits per heavy atom. The van der Waals surface area contributed by atoms with Gasteiger partial charge < -0.3 is 19.5 Å². The molecule has 0 saturated heterocycles. The van der Waals surface area contributed by atoms with Gasteiger partial charge in [0.1, 0.15) is 17.1 Å². The topological polar surface area (TPSA) is 56.8 Å². The summed E-state index contributed by atoms with van der Waals surface area (Å²) in [7, 11) is 3.27. The zero-order valence-electron chi connectivity index (χ0n) is 15.0. The van der Waals surface area contributed by atoms with Crippen LogP contribution in [0.5, 0.6) is 11.5 Å². The first-order valence-corrected chi connectivity index (χ1v) is 8.28. The Labute approximate surface area is 148 Å². The molecule has 1 atom stereocenters. The number of ether oxygens (including phenoxy) is 3. The molecule has 5 heteroatoms. The Kier molecular flexibility index (Phi) is 6.83. The van der Waals surface area contributed by atoms with Crippen LogP contribution in [0, 0.1) is 0 Å². The summed E-state index contributed by atoms with van der Waals surface area (Å²) < 4.78 is 16.3. The Bertz CT molecular complexity index is 651. The van der Waals surface area contributed by atoms with E-state index in [4.69, 9.17) is 14.2 Å². The highest BCUT2D eigenvalue weighted by molar-refractivity contribution is 5.77. The third-order valence-corrected chi connectivity index (χ3v) is 4.26. The summed E-state index contributed by atoms with van der Waals surface area (Å²) in [6.07, 6.45) is 0.743. The van der Waals surface area contributed by atoms with Gasteiger partial charge in [0.15, 0.2) is 6.61 Å². The first-order chi connectivity index (χ1) is 12.1. The first kappa shape index (κ1) is 18.8. The molecule has 0 heterocycles. The van der Waals surface area contributed by atoms with Gasteiger partial charge in [-0.15, -0.1) is 0 Å². The van der Waals surface area contributed by atoms with Crippen molar-refractivity contribution >= 4 is 5.91 Å². The number of amides is 1. The maximum atomic E-state index is 12.1. The zero-order valence-corrected chi connectivity index (χ0v) is 15.0. The summed E-state index contributed by atoms with van der Waals surface area (Å²) in [6.45, 7) is 2.37. The fourth-order valence-corrected chi connectivity index (χ4v) is 2.62. The molecule has 2 aromatic carbocycles. The van der Waals surface area contributed by atoms with Crippen molar-refractivity contribution in [2.75, 3.05) is 27.4 Å². The van der Waals surface area contributed by atoms with Gasteiger partial charge in [-0.3, -0.25) is 4.79 Å². The maximum absolute atomic E-state index is 12.1. The molecular formula is C20H25NO4. The van der Waals surface area contributed by atoms with E-state index in [2.05, 4.69) is 5.32 Å². The van der Waals surface area contributed by atoms with Gasteiger partial charge in [-0.1, -0.05) is 37.3 Å². The minimum Gasteiger partial charge on any atom is -0.497 e. The first-order valence-electron chi connectivity index (χ1n) is 8.28.